The van der Waals surface area contributed by atoms with E-state index in [0.29, 0.717) is 27.8 Å². The van der Waals surface area contributed by atoms with Crippen LogP contribution in [0.1, 0.15) is 16.8 Å². The van der Waals surface area contributed by atoms with Crippen LogP contribution in [0.2, 0.25) is 5.02 Å². The van der Waals surface area contributed by atoms with E-state index in [4.69, 9.17) is 11.6 Å². The quantitative estimate of drug-likeness (QED) is 0.633. The SMILES string of the molecule is Cc1ccc(N=Nc2c(C)nn(-c3cc(C)ccc3Cl)c2O)cc1. The molecule has 0 unspecified atom stereocenters. The molecule has 1 aromatic heterocycles. The van der Waals surface area contributed by atoms with Gasteiger partial charge in [-0.2, -0.15) is 14.9 Å². The first kappa shape index (κ1) is 16.2. The second-order valence-electron chi connectivity index (χ2n) is 5.66. The Kier molecular flexibility index (Phi) is 4.36. The first-order valence-corrected chi connectivity index (χ1v) is 7.87. The molecule has 0 aliphatic heterocycles. The van der Waals surface area contributed by atoms with Crippen molar-refractivity contribution >= 4 is 23.0 Å². The Morgan fingerprint density at radius 1 is 0.958 bits per heavy atom. The third-order valence-electron chi connectivity index (χ3n) is 3.63. The van der Waals surface area contributed by atoms with Crippen LogP contribution in [0.3, 0.4) is 0 Å². The zero-order valence-corrected chi connectivity index (χ0v) is 14.4. The molecule has 122 valence electrons. The van der Waals surface area contributed by atoms with Crippen LogP contribution in [-0.4, -0.2) is 14.9 Å². The predicted molar refractivity (Wildman–Crippen MR) is 95.1 cm³/mol. The van der Waals surface area contributed by atoms with E-state index in [-0.39, 0.29) is 5.88 Å². The van der Waals surface area contributed by atoms with E-state index >= 15 is 0 Å². The number of halogens is 1. The number of hydrogen-bond donors (Lipinski definition) is 1. The number of benzene rings is 2. The molecule has 3 rings (SSSR count). The lowest BCUT2D eigenvalue weighted by molar-refractivity contribution is 0.434. The summed E-state index contributed by atoms with van der Waals surface area (Å²) < 4.78 is 1.38. The molecule has 6 heteroatoms. The molecule has 0 bridgehead atoms. The molecule has 0 saturated heterocycles. The average molecular weight is 341 g/mol. The maximum Gasteiger partial charge on any atom is 0.243 e. The van der Waals surface area contributed by atoms with Crippen molar-refractivity contribution in [2.24, 2.45) is 10.2 Å². The van der Waals surface area contributed by atoms with Gasteiger partial charge in [0, 0.05) is 0 Å². The minimum atomic E-state index is -0.0872. The van der Waals surface area contributed by atoms with Gasteiger partial charge in [0.05, 0.1) is 22.1 Å². The summed E-state index contributed by atoms with van der Waals surface area (Å²) >= 11 is 6.23. The molecule has 3 aromatic rings. The minimum absolute atomic E-state index is 0.0872. The van der Waals surface area contributed by atoms with Crippen LogP contribution in [0.4, 0.5) is 11.4 Å². The third kappa shape index (κ3) is 3.16. The van der Waals surface area contributed by atoms with Crippen LogP contribution >= 0.6 is 11.6 Å². The Hall–Kier alpha value is -2.66. The molecule has 0 fully saturated rings. The molecule has 24 heavy (non-hydrogen) atoms. The number of aromatic nitrogens is 2. The van der Waals surface area contributed by atoms with Gasteiger partial charge in [-0.15, -0.1) is 5.11 Å². The minimum Gasteiger partial charge on any atom is -0.492 e. The van der Waals surface area contributed by atoms with Crippen molar-refractivity contribution < 1.29 is 5.11 Å². The summed E-state index contributed by atoms with van der Waals surface area (Å²) in [6.45, 7) is 5.72. The number of hydrogen-bond acceptors (Lipinski definition) is 4. The highest BCUT2D eigenvalue weighted by molar-refractivity contribution is 6.32. The fourth-order valence-electron chi connectivity index (χ4n) is 2.30. The summed E-state index contributed by atoms with van der Waals surface area (Å²) in [7, 11) is 0. The van der Waals surface area contributed by atoms with Crippen molar-refractivity contribution in [3.63, 3.8) is 0 Å². The number of azo groups is 1. The number of rotatable bonds is 3. The standard InChI is InChI=1S/C18H17ClN4O/c1-11-4-7-14(8-5-11)20-21-17-13(3)22-23(18(17)24)16-10-12(2)6-9-15(16)19/h4-10,24H,1-3H3. The molecule has 0 saturated carbocycles. The molecular formula is C18H17ClN4O. The summed E-state index contributed by atoms with van der Waals surface area (Å²) in [6, 6.07) is 13.2. The first-order chi connectivity index (χ1) is 11.5. The maximum absolute atomic E-state index is 10.5. The number of aryl methyl sites for hydroxylation is 3. The highest BCUT2D eigenvalue weighted by atomic mass is 35.5. The van der Waals surface area contributed by atoms with Crippen LogP contribution in [-0.2, 0) is 0 Å². The zero-order valence-electron chi connectivity index (χ0n) is 13.7. The Bertz CT molecular complexity index is 914. The van der Waals surface area contributed by atoms with Crippen LogP contribution in [0.5, 0.6) is 5.88 Å². The highest BCUT2D eigenvalue weighted by Crippen LogP contribution is 2.35. The van der Waals surface area contributed by atoms with Gasteiger partial charge in [0.2, 0.25) is 5.88 Å². The molecule has 5 nitrogen and oxygen atoms in total. The van der Waals surface area contributed by atoms with Gasteiger partial charge in [-0.25, -0.2) is 0 Å². The molecule has 0 spiro atoms. The van der Waals surface area contributed by atoms with Gasteiger partial charge in [-0.1, -0.05) is 35.4 Å². The molecule has 0 aliphatic carbocycles. The number of nitrogens with zero attached hydrogens (tertiary/aromatic N) is 4. The fourth-order valence-corrected chi connectivity index (χ4v) is 2.49. The Labute approximate surface area is 145 Å². The molecule has 0 atom stereocenters. The van der Waals surface area contributed by atoms with Crippen LogP contribution < -0.4 is 0 Å². The van der Waals surface area contributed by atoms with E-state index in [0.717, 1.165) is 11.1 Å². The fraction of sp³-hybridized carbons (Fsp3) is 0.167. The lowest BCUT2D eigenvalue weighted by atomic mass is 10.2. The van der Waals surface area contributed by atoms with Gasteiger partial charge in [0.25, 0.3) is 0 Å². The van der Waals surface area contributed by atoms with Crippen molar-refractivity contribution in [1.82, 2.24) is 9.78 Å². The van der Waals surface area contributed by atoms with Gasteiger partial charge in [-0.3, -0.25) is 0 Å². The molecule has 0 aliphatic rings. The molecule has 0 amide bonds. The van der Waals surface area contributed by atoms with E-state index in [2.05, 4.69) is 15.3 Å². The second-order valence-corrected chi connectivity index (χ2v) is 6.07. The molecule has 2 aromatic carbocycles. The zero-order chi connectivity index (χ0) is 17.3. The lowest BCUT2D eigenvalue weighted by Gasteiger charge is -2.06. The molecular weight excluding hydrogens is 324 g/mol. The van der Waals surface area contributed by atoms with Crippen molar-refractivity contribution in [3.05, 3.63) is 64.3 Å². The van der Waals surface area contributed by atoms with E-state index in [1.807, 2.05) is 50.2 Å². The highest BCUT2D eigenvalue weighted by Gasteiger charge is 2.17. The summed E-state index contributed by atoms with van der Waals surface area (Å²) in [4.78, 5) is 0. The summed E-state index contributed by atoms with van der Waals surface area (Å²) in [5, 5.41) is 23.6. The van der Waals surface area contributed by atoms with Gasteiger partial charge < -0.3 is 5.11 Å². The molecule has 1 heterocycles. The van der Waals surface area contributed by atoms with Crippen LogP contribution in [0.25, 0.3) is 5.69 Å². The molecule has 1 N–H and O–H groups in total. The van der Waals surface area contributed by atoms with Gasteiger partial charge in [0.1, 0.15) is 0 Å². The number of aromatic hydroxyl groups is 1. The summed E-state index contributed by atoms with van der Waals surface area (Å²) in [5.41, 5.74) is 4.38. The van der Waals surface area contributed by atoms with Crippen molar-refractivity contribution in [2.45, 2.75) is 20.8 Å². The Morgan fingerprint density at radius 3 is 2.33 bits per heavy atom. The summed E-state index contributed by atoms with van der Waals surface area (Å²) in [5.74, 6) is -0.0872. The van der Waals surface area contributed by atoms with Crippen LogP contribution in [0, 0.1) is 20.8 Å². The van der Waals surface area contributed by atoms with E-state index in [1.165, 1.54) is 4.68 Å². The van der Waals surface area contributed by atoms with Crippen molar-refractivity contribution in [3.8, 4) is 11.6 Å². The average Bonchev–Trinajstić information content (AvgIpc) is 2.84. The van der Waals surface area contributed by atoms with Gasteiger partial charge in [0.15, 0.2) is 5.69 Å². The van der Waals surface area contributed by atoms with Crippen molar-refractivity contribution in [2.75, 3.05) is 0 Å². The Morgan fingerprint density at radius 2 is 1.62 bits per heavy atom. The lowest BCUT2D eigenvalue weighted by Crippen LogP contribution is -1.97. The van der Waals surface area contributed by atoms with Crippen LogP contribution in [0.15, 0.2) is 52.7 Å². The van der Waals surface area contributed by atoms with E-state index in [9.17, 15) is 5.11 Å². The summed E-state index contributed by atoms with van der Waals surface area (Å²) in [6.07, 6.45) is 0. The second kappa shape index (κ2) is 6.45. The normalized spacial score (nSPS) is 11.3. The largest absolute Gasteiger partial charge is 0.492 e. The van der Waals surface area contributed by atoms with E-state index in [1.54, 1.807) is 13.0 Å². The maximum atomic E-state index is 10.5. The monoisotopic (exact) mass is 340 g/mol. The van der Waals surface area contributed by atoms with E-state index < -0.39 is 0 Å². The van der Waals surface area contributed by atoms with Gasteiger partial charge >= 0.3 is 0 Å². The predicted octanol–water partition coefficient (Wildman–Crippen LogP) is 5.57. The Balaban J connectivity index is 2.00. The topological polar surface area (TPSA) is 62.8 Å². The van der Waals surface area contributed by atoms with Crippen molar-refractivity contribution in [1.29, 1.82) is 0 Å². The van der Waals surface area contributed by atoms with Gasteiger partial charge in [-0.05, 0) is 50.6 Å². The third-order valence-corrected chi connectivity index (χ3v) is 3.95. The molecule has 0 radical (unpaired) electrons. The smallest absolute Gasteiger partial charge is 0.243 e. The first-order valence-electron chi connectivity index (χ1n) is 7.49.